The minimum atomic E-state index is -0.317. The molecule has 1 aromatic carbocycles. The van der Waals surface area contributed by atoms with E-state index in [1.807, 2.05) is 18.2 Å². The van der Waals surface area contributed by atoms with E-state index in [2.05, 4.69) is 5.32 Å². The molecule has 0 aliphatic carbocycles. The van der Waals surface area contributed by atoms with Gasteiger partial charge in [-0.3, -0.25) is 5.32 Å². The van der Waals surface area contributed by atoms with Gasteiger partial charge in [0.15, 0.2) is 6.23 Å². The summed E-state index contributed by atoms with van der Waals surface area (Å²) in [5, 5.41) is 3.24. The molecule has 0 spiro atoms. The van der Waals surface area contributed by atoms with Crippen molar-refractivity contribution in [1.29, 1.82) is 0 Å². The van der Waals surface area contributed by atoms with Crippen LogP contribution in [0.2, 0.25) is 0 Å². The topological polar surface area (TPSA) is 47.6 Å². The number of rotatable bonds is 3. The lowest BCUT2D eigenvalue weighted by Crippen LogP contribution is -2.30. The van der Waals surface area contributed by atoms with Gasteiger partial charge in [-0.25, -0.2) is 4.79 Å². The standard InChI is InChI=1S/C13H15NO3/c15-13-11-6-2-1-5-10(11)12(17-13)14-8-9-4-3-7-16-9/h1-2,5-6,9,12,14H,3-4,7-8H2. The highest BCUT2D eigenvalue weighted by atomic mass is 16.6. The third-order valence-corrected chi connectivity index (χ3v) is 3.24. The van der Waals surface area contributed by atoms with Crippen LogP contribution in [0.1, 0.15) is 35.0 Å². The van der Waals surface area contributed by atoms with E-state index in [-0.39, 0.29) is 18.3 Å². The SMILES string of the molecule is O=C1OC(NCC2CCCO2)c2ccccc21. The summed E-state index contributed by atoms with van der Waals surface area (Å²) < 4.78 is 10.8. The first-order valence-corrected chi connectivity index (χ1v) is 5.99. The van der Waals surface area contributed by atoms with Crippen LogP contribution in [0.3, 0.4) is 0 Å². The summed E-state index contributed by atoms with van der Waals surface area (Å²) in [6.07, 6.45) is 2.13. The maximum atomic E-state index is 11.6. The van der Waals surface area contributed by atoms with Gasteiger partial charge in [-0.15, -0.1) is 0 Å². The largest absolute Gasteiger partial charge is 0.439 e. The summed E-state index contributed by atoms with van der Waals surface area (Å²) in [5.74, 6) is -0.245. The lowest BCUT2D eigenvalue weighted by molar-refractivity contribution is 0.0247. The highest BCUT2D eigenvalue weighted by Crippen LogP contribution is 2.28. The Morgan fingerprint density at radius 1 is 1.35 bits per heavy atom. The third-order valence-electron chi connectivity index (χ3n) is 3.24. The monoisotopic (exact) mass is 233 g/mol. The van der Waals surface area contributed by atoms with Gasteiger partial charge in [-0.05, 0) is 18.9 Å². The van der Waals surface area contributed by atoms with Crippen LogP contribution in [0, 0.1) is 0 Å². The van der Waals surface area contributed by atoms with E-state index in [0.717, 1.165) is 31.6 Å². The zero-order valence-electron chi connectivity index (χ0n) is 9.52. The van der Waals surface area contributed by atoms with Gasteiger partial charge < -0.3 is 9.47 Å². The molecule has 0 saturated carbocycles. The molecule has 90 valence electrons. The molecule has 0 aromatic heterocycles. The molecule has 1 aromatic rings. The van der Waals surface area contributed by atoms with Crippen LogP contribution >= 0.6 is 0 Å². The molecule has 2 aliphatic heterocycles. The van der Waals surface area contributed by atoms with E-state index in [1.165, 1.54) is 0 Å². The van der Waals surface area contributed by atoms with E-state index in [9.17, 15) is 4.79 Å². The van der Waals surface area contributed by atoms with Gasteiger partial charge in [-0.2, -0.15) is 0 Å². The summed E-state index contributed by atoms with van der Waals surface area (Å²) in [4.78, 5) is 11.6. The number of fused-ring (bicyclic) bond motifs is 1. The van der Waals surface area contributed by atoms with Gasteiger partial charge in [0.25, 0.3) is 0 Å². The predicted molar refractivity (Wildman–Crippen MR) is 61.6 cm³/mol. The van der Waals surface area contributed by atoms with Crippen molar-refractivity contribution in [2.24, 2.45) is 0 Å². The molecule has 3 rings (SSSR count). The van der Waals surface area contributed by atoms with Gasteiger partial charge in [-0.1, -0.05) is 18.2 Å². The van der Waals surface area contributed by atoms with E-state index >= 15 is 0 Å². The molecule has 0 bridgehead atoms. The molecule has 4 heteroatoms. The van der Waals surface area contributed by atoms with Gasteiger partial charge in [0.2, 0.25) is 0 Å². The van der Waals surface area contributed by atoms with Crippen LogP contribution in [0.5, 0.6) is 0 Å². The quantitative estimate of drug-likeness (QED) is 0.806. The Hall–Kier alpha value is -1.39. The number of benzene rings is 1. The molecule has 2 atom stereocenters. The van der Waals surface area contributed by atoms with E-state index in [4.69, 9.17) is 9.47 Å². The van der Waals surface area contributed by atoms with Crippen molar-refractivity contribution < 1.29 is 14.3 Å². The minimum Gasteiger partial charge on any atom is -0.439 e. The van der Waals surface area contributed by atoms with Crippen LogP contribution in [0.4, 0.5) is 0 Å². The van der Waals surface area contributed by atoms with Gasteiger partial charge >= 0.3 is 5.97 Å². The Kier molecular flexibility index (Phi) is 2.82. The summed E-state index contributed by atoms with van der Waals surface area (Å²) in [6, 6.07) is 7.49. The maximum Gasteiger partial charge on any atom is 0.340 e. The van der Waals surface area contributed by atoms with Crippen molar-refractivity contribution in [3.05, 3.63) is 35.4 Å². The average molecular weight is 233 g/mol. The number of esters is 1. The second-order valence-electron chi connectivity index (χ2n) is 4.42. The molecule has 17 heavy (non-hydrogen) atoms. The Balaban J connectivity index is 1.67. The molecule has 2 heterocycles. The predicted octanol–water partition coefficient (Wildman–Crippen LogP) is 1.62. The number of hydrogen-bond donors (Lipinski definition) is 1. The fourth-order valence-electron chi connectivity index (χ4n) is 2.34. The lowest BCUT2D eigenvalue weighted by atomic mass is 10.1. The normalized spacial score (nSPS) is 26.9. The van der Waals surface area contributed by atoms with Crippen LogP contribution in [0.15, 0.2) is 24.3 Å². The molecular formula is C13H15NO3. The van der Waals surface area contributed by atoms with Crippen LogP contribution in [-0.2, 0) is 9.47 Å². The number of cyclic esters (lactones) is 1. The van der Waals surface area contributed by atoms with Gasteiger partial charge in [0, 0.05) is 18.7 Å². The molecule has 0 amide bonds. The van der Waals surface area contributed by atoms with Crippen molar-refractivity contribution >= 4 is 5.97 Å². The Labute approximate surface area is 99.9 Å². The molecular weight excluding hydrogens is 218 g/mol. The number of ether oxygens (including phenoxy) is 2. The first kappa shape index (κ1) is 10.7. The summed E-state index contributed by atoms with van der Waals surface area (Å²) >= 11 is 0. The Morgan fingerprint density at radius 3 is 3.06 bits per heavy atom. The molecule has 2 unspecified atom stereocenters. The smallest absolute Gasteiger partial charge is 0.340 e. The number of carbonyl (C=O) groups is 1. The van der Waals surface area contributed by atoms with E-state index in [0.29, 0.717) is 5.56 Å². The van der Waals surface area contributed by atoms with Crippen LogP contribution < -0.4 is 5.32 Å². The highest BCUT2D eigenvalue weighted by Gasteiger charge is 2.30. The Bertz CT molecular complexity index is 426. The van der Waals surface area contributed by atoms with Crippen LogP contribution in [-0.4, -0.2) is 25.2 Å². The summed E-state index contributed by atoms with van der Waals surface area (Å²) in [5.41, 5.74) is 1.59. The van der Waals surface area contributed by atoms with E-state index in [1.54, 1.807) is 6.07 Å². The van der Waals surface area contributed by atoms with Crippen molar-refractivity contribution in [3.8, 4) is 0 Å². The molecule has 4 nitrogen and oxygen atoms in total. The highest BCUT2D eigenvalue weighted by molar-refractivity contribution is 5.93. The number of carbonyl (C=O) groups excluding carboxylic acids is 1. The summed E-state index contributed by atoms with van der Waals surface area (Å²) in [6.45, 7) is 1.57. The fraction of sp³-hybridized carbons (Fsp3) is 0.462. The van der Waals surface area contributed by atoms with Crippen molar-refractivity contribution in [2.45, 2.75) is 25.2 Å². The van der Waals surface area contributed by atoms with Gasteiger partial charge in [0.1, 0.15) is 0 Å². The lowest BCUT2D eigenvalue weighted by Gasteiger charge is -2.16. The van der Waals surface area contributed by atoms with Crippen LogP contribution in [0.25, 0.3) is 0 Å². The summed E-state index contributed by atoms with van der Waals surface area (Å²) in [7, 11) is 0. The molecule has 0 radical (unpaired) electrons. The molecule has 1 N–H and O–H groups in total. The second-order valence-corrected chi connectivity index (χ2v) is 4.42. The molecule has 2 aliphatic rings. The zero-order valence-corrected chi connectivity index (χ0v) is 9.52. The number of hydrogen-bond acceptors (Lipinski definition) is 4. The average Bonchev–Trinajstić information content (AvgIpc) is 2.96. The number of nitrogens with one attached hydrogen (secondary N) is 1. The van der Waals surface area contributed by atoms with Crippen molar-refractivity contribution in [1.82, 2.24) is 5.32 Å². The Morgan fingerprint density at radius 2 is 2.24 bits per heavy atom. The minimum absolute atomic E-state index is 0.245. The first-order chi connectivity index (χ1) is 8.34. The fourth-order valence-corrected chi connectivity index (χ4v) is 2.34. The second kappa shape index (κ2) is 4.47. The van der Waals surface area contributed by atoms with Gasteiger partial charge in [0.05, 0.1) is 11.7 Å². The zero-order chi connectivity index (χ0) is 11.7. The van der Waals surface area contributed by atoms with E-state index < -0.39 is 0 Å². The molecule has 1 saturated heterocycles. The van der Waals surface area contributed by atoms with Crippen molar-refractivity contribution in [2.75, 3.05) is 13.2 Å². The molecule has 1 fully saturated rings. The maximum absolute atomic E-state index is 11.6. The third kappa shape index (κ3) is 2.06. The first-order valence-electron chi connectivity index (χ1n) is 5.99. The van der Waals surface area contributed by atoms with Crippen molar-refractivity contribution in [3.63, 3.8) is 0 Å².